The Morgan fingerprint density at radius 1 is 1.75 bits per heavy atom. The van der Waals surface area contributed by atoms with Crippen molar-refractivity contribution in [1.82, 2.24) is 5.16 Å². The topological polar surface area (TPSA) is 43.1 Å². The van der Waals surface area contributed by atoms with E-state index in [9.17, 15) is 4.79 Å². The van der Waals surface area contributed by atoms with Gasteiger partial charge in [0.1, 0.15) is 0 Å². The zero-order valence-corrected chi connectivity index (χ0v) is 4.42. The highest BCUT2D eigenvalue weighted by Gasteiger charge is 1.88. The fourth-order valence-electron chi connectivity index (χ4n) is 0.361. The van der Waals surface area contributed by atoms with Gasteiger partial charge in [-0.1, -0.05) is 5.16 Å². The molecule has 0 aliphatic carbocycles. The highest BCUT2D eigenvalue weighted by atomic mass is 16.5. The quantitative estimate of drug-likeness (QED) is 0.485. The number of aryl methyl sites for hydroxylation is 1. The molecule has 0 radical (unpaired) electrons. The van der Waals surface area contributed by atoms with Crippen LogP contribution < -0.4 is 5.63 Å². The van der Waals surface area contributed by atoms with Crippen molar-refractivity contribution in [3.05, 3.63) is 28.2 Å². The van der Waals surface area contributed by atoms with Crippen molar-refractivity contribution in [3.63, 3.8) is 0 Å². The molecule has 0 saturated carbocycles. The Kier molecular flexibility index (Phi) is 1.12. The predicted molar refractivity (Wildman–Crippen MR) is 27.5 cm³/mol. The van der Waals surface area contributed by atoms with Gasteiger partial charge in [0.15, 0.2) is 0 Å². The first kappa shape index (κ1) is 5.03. The number of hydrogen-bond donors (Lipinski definition) is 0. The van der Waals surface area contributed by atoms with Gasteiger partial charge in [-0.3, -0.25) is 0 Å². The van der Waals surface area contributed by atoms with Crippen LogP contribution >= 0.6 is 0 Å². The normalized spacial score (nSPS) is 9.12. The number of hydrogen-bond acceptors (Lipinski definition) is 3. The lowest BCUT2D eigenvalue weighted by molar-refractivity contribution is 0.366. The van der Waals surface area contributed by atoms with E-state index in [4.69, 9.17) is 0 Å². The standard InChI is InChI=1S/C5H5NO2/c1-4-2-3-6-8-5(4)7/h2-3H,1H3. The van der Waals surface area contributed by atoms with Crippen molar-refractivity contribution in [1.29, 1.82) is 0 Å². The molecule has 0 fully saturated rings. The van der Waals surface area contributed by atoms with E-state index in [1.54, 1.807) is 13.0 Å². The number of nitrogens with zero attached hydrogens (tertiary/aromatic N) is 1. The molecule has 1 heterocycles. The van der Waals surface area contributed by atoms with Crippen LogP contribution in [0, 0.1) is 6.92 Å². The van der Waals surface area contributed by atoms with Gasteiger partial charge in [-0.05, 0) is 13.0 Å². The van der Waals surface area contributed by atoms with Gasteiger partial charge in [-0.2, -0.15) is 0 Å². The van der Waals surface area contributed by atoms with Crippen molar-refractivity contribution in [2.45, 2.75) is 6.92 Å². The van der Waals surface area contributed by atoms with Gasteiger partial charge in [-0.15, -0.1) is 0 Å². The third-order valence-electron chi connectivity index (χ3n) is 0.843. The van der Waals surface area contributed by atoms with Gasteiger partial charge >= 0.3 is 5.63 Å². The van der Waals surface area contributed by atoms with E-state index in [-0.39, 0.29) is 5.63 Å². The van der Waals surface area contributed by atoms with Crippen molar-refractivity contribution >= 4 is 0 Å². The Hall–Kier alpha value is -1.12. The molecule has 0 unspecified atom stereocenters. The Labute approximate surface area is 45.9 Å². The first-order valence-electron chi connectivity index (χ1n) is 2.22. The zero-order chi connectivity index (χ0) is 5.98. The minimum Gasteiger partial charge on any atom is -0.313 e. The van der Waals surface area contributed by atoms with Crippen LogP contribution in [-0.4, -0.2) is 5.16 Å². The molecule has 0 amide bonds. The number of aromatic nitrogens is 1. The Morgan fingerprint density at radius 3 is 2.88 bits per heavy atom. The lowest BCUT2D eigenvalue weighted by atomic mass is 10.4. The van der Waals surface area contributed by atoms with E-state index in [2.05, 4.69) is 9.68 Å². The molecule has 0 saturated heterocycles. The van der Waals surface area contributed by atoms with Crippen LogP contribution in [0.1, 0.15) is 5.56 Å². The van der Waals surface area contributed by atoms with Gasteiger partial charge in [-0.25, -0.2) is 4.79 Å². The third kappa shape index (κ3) is 0.753. The molecule has 0 aromatic carbocycles. The molecule has 1 rings (SSSR count). The Balaban J connectivity index is 3.35. The highest BCUT2D eigenvalue weighted by Crippen LogP contribution is 1.80. The first-order valence-corrected chi connectivity index (χ1v) is 2.22. The molecule has 0 N–H and O–H groups in total. The van der Waals surface area contributed by atoms with E-state index >= 15 is 0 Å². The maximum atomic E-state index is 10.4. The monoisotopic (exact) mass is 111 g/mol. The summed E-state index contributed by atoms with van der Waals surface area (Å²) in [6.45, 7) is 1.67. The first-order chi connectivity index (χ1) is 3.80. The van der Waals surface area contributed by atoms with Crippen LogP contribution in [0.3, 0.4) is 0 Å². The second-order valence-electron chi connectivity index (χ2n) is 1.48. The summed E-state index contributed by atoms with van der Waals surface area (Å²) in [5, 5.41) is 3.26. The zero-order valence-electron chi connectivity index (χ0n) is 4.42. The van der Waals surface area contributed by atoms with Crippen LogP contribution in [-0.2, 0) is 0 Å². The molecule has 1 aromatic rings. The molecule has 0 spiro atoms. The second-order valence-corrected chi connectivity index (χ2v) is 1.48. The van der Waals surface area contributed by atoms with E-state index < -0.39 is 0 Å². The fraction of sp³-hybridized carbons (Fsp3) is 0.200. The van der Waals surface area contributed by atoms with Gasteiger partial charge < -0.3 is 4.52 Å². The lowest BCUT2D eigenvalue weighted by Gasteiger charge is -1.80. The van der Waals surface area contributed by atoms with Crippen LogP contribution in [0.5, 0.6) is 0 Å². The Morgan fingerprint density at radius 2 is 2.50 bits per heavy atom. The van der Waals surface area contributed by atoms with E-state index in [0.29, 0.717) is 5.56 Å². The van der Waals surface area contributed by atoms with Crippen molar-refractivity contribution in [2.24, 2.45) is 0 Å². The maximum Gasteiger partial charge on any atom is 0.361 e. The molecular weight excluding hydrogens is 106 g/mol. The molecule has 3 nitrogen and oxygen atoms in total. The molecule has 0 bridgehead atoms. The smallest absolute Gasteiger partial charge is 0.313 e. The molecule has 8 heavy (non-hydrogen) atoms. The average Bonchev–Trinajstić information content (AvgIpc) is 1.77. The summed E-state index contributed by atoms with van der Waals surface area (Å²) < 4.78 is 4.25. The Bertz CT molecular complexity index is 228. The van der Waals surface area contributed by atoms with Crippen LogP contribution in [0.15, 0.2) is 21.6 Å². The van der Waals surface area contributed by atoms with Gasteiger partial charge in [0.25, 0.3) is 0 Å². The van der Waals surface area contributed by atoms with Gasteiger partial charge in [0.2, 0.25) is 0 Å². The summed E-state index contributed by atoms with van der Waals surface area (Å²) >= 11 is 0. The molecule has 0 aliphatic rings. The van der Waals surface area contributed by atoms with Crippen LogP contribution in [0.2, 0.25) is 0 Å². The third-order valence-corrected chi connectivity index (χ3v) is 0.843. The fourth-order valence-corrected chi connectivity index (χ4v) is 0.361. The van der Waals surface area contributed by atoms with Gasteiger partial charge in [0.05, 0.1) is 6.20 Å². The highest BCUT2D eigenvalue weighted by molar-refractivity contribution is 4.99. The van der Waals surface area contributed by atoms with E-state index in [1.165, 1.54) is 6.20 Å². The average molecular weight is 111 g/mol. The summed E-state index contributed by atoms with van der Waals surface area (Å²) in [6, 6.07) is 1.60. The SMILES string of the molecule is Cc1ccnoc1=O. The molecule has 3 heteroatoms. The minimum absolute atomic E-state index is 0.368. The summed E-state index contributed by atoms with van der Waals surface area (Å²) in [5.41, 5.74) is 0.215. The van der Waals surface area contributed by atoms with Gasteiger partial charge in [0, 0.05) is 5.56 Å². The number of rotatable bonds is 0. The second kappa shape index (κ2) is 1.78. The molecule has 1 aromatic heterocycles. The van der Waals surface area contributed by atoms with E-state index in [0.717, 1.165) is 0 Å². The van der Waals surface area contributed by atoms with Crippen LogP contribution in [0.4, 0.5) is 0 Å². The molecule has 42 valence electrons. The summed E-state index contributed by atoms with van der Waals surface area (Å²) in [5.74, 6) is 0. The largest absolute Gasteiger partial charge is 0.361 e. The summed E-state index contributed by atoms with van der Waals surface area (Å²) in [6.07, 6.45) is 1.44. The molecule has 0 atom stereocenters. The van der Waals surface area contributed by atoms with Crippen LogP contribution in [0.25, 0.3) is 0 Å². The summed E-state index contributed by atoms with van der Waals surface area (Å²) in [7, 11) is 0. The maximum absolute atomic E-state index is 10.4. The lowest BCUT2D eigenvalue weighted by Crippen LogP contribution is -2.01. The minimum atomic E-state index is -0.368. The predicted octanol–water partition coefficient (Wildman–Crippen LogP) is 0.343. The van der Waals surface area contributed by atoms with Crippen molar-refractivity contribution in [3.8, 4) is 0 Å². The molecular formula is C5H5NO2. The molecule has 0 aliphatic heterocycles. The van der Waals surface area contributed by atoms with Crippen molar-refractivity contribution < 1.29 is 4.52 Å². The van der Waals surface area contributed by atoms with E-state index in [1.807, 2.05) is 0 Å². The van der Waals surface area contributed by atoms with Crippen molar-refractivity contribution in [2.75, 3.05) is 0 Å². The summed E-state index contributed by atoms with van der Waals surface area (Å²) in [4.78, 5) is 10.4.